The minimum Gasteiger partial charge on any atom is -0.545 e. The van der Waals surface area contributed by atoms with E-state index in [1.54, 1.807) is 24.3 Å². The molecule has 2 aromatic carbocycles. The molecule has 112 valence electrons. The van der Waals surface area contributed by atoms with Gasteiger partial charge in [0, 0.05) is 16.7 Å². The topological polar surface area (TPSA) is 83.5 Å². The third kappa shape index (κ3) is 5.09. The van der Waals surface area contributed by atoms with Crippen molar-refractivity contribution < 1.29 is 75.6 Å². The van der Waals surface area contributed by atoms with Gasteiger partial charge in [-0.25, -0.2) is 0 Å². The summed E-state index contributed by atoms with van der Waals surface area (Å²) in [5.41, 5.74) is 0.125. The number of carboxylic acids is 1. The molecule has 0 radical (unpaired) electrons. The summed E-state index contributed by atoms with van der Waals surface area (Å²) in [5, 5.41) is 11.0. The van der Waals surface area contributed by atoms with Crippen LogP contribution < -0.4 is 61.2 Å². The Balaban J connectivity index is 0.00000264. The Kier molecular flexibility index (Phi) is 7.80. The summed E-state index contributed by atoms with van der Waals surface area (Å²) in [4.78, 5) is 35.2. The van der Waals surface area contributed by atoms with Gasteiger partial charge in [-0.3, -0.25) is 9.59 Å². The first-order valence-corrected chi connectivity index (χ1v) is 6.53. The van der Waals surface area contributed by atoms with Crippen LogP contribution in [-0.4, -0.2) is 24.6 Å². The molecule has 0 bridgehead atoms. The molecule has 5 nitrogen and oxygen atoms in total. The van der Waals surface area contributed by atoms with Crippen LogP contribution in [-0.2, 0) is 0 Å². The van der Waals surface area contributed by atoms with Crippen LogP contribution in [0, 0.1) is 0 Å². The molecule has 0 spiro atoms. The fraction of sp³-hybridized carbons (Fsp3) is 0.118. The molecule has 0 aromatic heterocycles. The molecule has 0 aliphatic rings. The van der Waals surface area contributed by atoms with Crippen molar-refractivity contribution in [3.8, 4) is 5.75 Å². The zero-order chi connectivity index (χ0) is 16.1. The fourth-order valence-electron chi connectivity index (χ4n) is 2.02. The van der Waals surface area contributed by atoms with Crippen LogP contribution in [0.15, 0.2) is 48.5 Å². The molecule has 0 N–H and O–H groups in total. The van der Waals surface area contributed by atoms with Crippen LogP contribution >= 0.6 is 0 Å². The van der Waals surface area contributed by atoms with E-state index in [2.05, 4.69) is 0 Å². The van der Waals surface area contributed by atoms with Gasteiger partial charge in [-0.2, -0.15) is 0 Å². The number of Topliss-reactive ketones (excluding diaryl/α,β-unsaturated/α-hetero) is 2. The van der Waals surface area contributed by atoms with Crippen molar-refractivity contribution in [2.75, 3.05) is 7.11 Å². The summed E-state index contributed by atoms with van der Waals surface area (Å²) in [6, 6.07) is 12.0. The SMILES string of the molecule is COc1ccc(C(=O)CC(=O)c2ccccc2C(=O)[O-])cc1.[K+]. The second kappa shape index (κ2) is 9.10. The number of hydrogen-bond donors (Lipinski definition) is 0. The molecular formula is C17H13KO5. The van der Waals surface area contributed by atoms with Crippen LogP contribution in [0.2, 0.25) is 0 Å². The van der Waals surface area contributed by atoms with Crippen molar-refractivity contribution in [3.63, 3.8) is 0 Å². The van der Waals surface area contributed by atoms with Crippen molar-refractivity contribution in [2.45, 2.75) is 6.42 Å². The molecule has 23 heavy (non-hydrogen) atoms. The third-order valence-corrected chi connectivity index (χ3v) is 3.18. The number of methoxy groups -OCH3 is 1. The van der Waals surface area contributed by atoms with Crippen LogP contribution in [0.5, 0.6) is 5.75 Å². The third-order valence-electron chi connectivity index (χ3n) is 3.18. The van der Waals surface area contributed by atoms with Gasteiger partial charge < -0.3 is 14.6 Å². The molecule has 0 saturated heterocycles. The molecule has 0 unspecified atom stereocenters. The zero-order valence-corrected chi connectivity index (χ0v) is 16.0. The van der Waals surface area contributed by atoms with Crippen molar-refractivity contribution in [1.82, 2.24) is 0 Å². The number of carboxylic acid groups (broad SMARTS) is 1. The smallest absolute Gasteiger partial charge is 0.545 e. The van der Waals surface area contributed by atoms with Crippen molar-refractivity contribution in [1.29, 1.82) is 0 Å². The van der Waals surface area contributed by atoms with E-state index in [1.807, 2.05) is 0 Å². The molecule has 0 heterocycles. The summed E-state index contributed by atoms with van der Waals surface area (Å²) in [6.45, 7) is 0. The maximum Gasteiger partial charge on any atom is 1.00 e. The largest absolute Gasteiger partial charge is 1.00 e. The van der Waals surface area contributed by atoms with Gasteiger partial charge in [-0.05, 0) is 24.3 Å². The predicted molar refractivity (Wildman–Crippen MR) is 77.0 cm³/mol. The van der Waals surface area contributed by atoms with Gasteiger partial charge in [0.25, 0.3) is 0 Å². The maximum atomic E-state index is 12.1. The minimum absolute atomic E-state index is 0. The second-order valence-electron chi connectivity index (χ2n) is 4.58. The van der Waals surface area contributed by atoms with E-state index >= 15 is 0 Å². The monoisotopic (exact) mass is 336 g/mol. The average Bonchev–Trinajstić information content (AvgIpc) is 2.54. The number of benzene rings is 2. The van der Waals surface area contributed by atoms with Gasteiger partial charge in [0.15, 0.2) is 11.6 Å². The molecule has 0 atom stereocenters. The van der Waals surface area contributed by atoms with Crippen LogP contribution in [0.1, 0.15) is 37.5 Å². The zero-order valence-electron chi connectivity index (χ0n) is 12.9. The van der Waals surface area contributed by atoms with Crippen molar-refractivity contribution in [3.05, 3.63) is 65.2 Å². The molecule has 0 aliphatic carbocycles. The molecule has 0 fully saturated rings. The Morgan fingerprint density at radius 2 is 1.48 bits per heavy atom. The molecule has 2 rings (SSSR count). The number of ketones is 2. The average molecular weight is 336 g/mol. The molecule has 0 saturated carbocycles. The maximum absolute atomic E-state index is 12.1. The van der Waals surface area contributed by atoms with Crippen LogP contribution in [0.25, 0.3) is 0 Å². The Labute approximate surface area is 176 Å². The Morgan fingerprint density at radius 3 is 2.00 bits per heavy atom. The fourth-order valence-corrected chi connectivity index (χ4v) is 2.02. The first kappa shape index (κ1) is 19.7. The van der Waals surface area contributed by atoms with Gasteiger partial charge in [0.1, 0.15) is 5.75 Å². The van der Waals surface area contributed by atoms with Gasteiger partial charge in [-0.1, -0.05) is 24.3 Å². The van der Waals surface area contributed by atoms with Crippen molar-refractivity contribution >= 4 is 17.5 Å². The molecule has 2 aromatic rings. The van der Waals surface area contributed by atoms with E-state index in [4.69, 9.17) is 4.74 Å². The van der Waals surface area contributed by atoms with Gasteiger partial charge in [0.05, 0.1) is 19.5 Å². The molecule has 6 heteroatoms. The van der Waals surface area contributed by atoms with E-state index in [-0.39, 0.29) is 68.3 Å². The first-order chi connectivity index (χ1) is 10.5. The number of ether oxygens (including phenoxy) is 1. The molecule has 0 amide bonds. The van der Waals surface area contributed by atoms with Gasteiger partial charge >= 0.3 is 51.4 Å². The summed E-state index contributed by atoms with van der Waals surface area (Å²) in [7, 11) is 1.51. The number of rotatable bonds is 6. The second-order valence-corrected chi connectivity index (χ2v) is 4.58. The molecule has 0 aliphatic heterocycles. The standard InChI is InChI=1S/C17H14O5.K/c1-22-12-8-6-11(7-9-12)15(18)10-16(19)13-4-2-3-5-14(13)17(20)21;/h2-9H,10H2,1H3,(H,20,21);/q;+1/p-1. The van der Waals surface area contributed by atoms with E-state index in [0.717, 1.165) is 0 Å². The molecular weight excluding hydrogens is 323 g/mol. The van der Waals surface area contributed by atoms with E-state index in [0.29, 0.717) is 11.3 Å². The summed E-state index contributed by atoms with van der Waals surface area (Å²) >= 11 is 0. The van der Waals surface area contributed by atoms with Crippen LogP contribution in [0.4, 0.5) is 0 Å². The Morgan fingerprint density at radius 1 is 0.913 bits per heavy atom. The summed E-state index contributed by atoms with van der Waals surface area (Å²) in [5.74, 6) is -1.78. The van der Waals surface area contributed by atoms with E-state index < -0.39 is 18.2 Å². The Hall–Kier alpha value is -1.31. The number of carbonyl (C=O) groups is 3. The van der Waals surface area contributed by atoms with E-state index in [1.165, 1.54) is 31.4 Å². The first-order valence-electron chi connectivity index (χ1n) is 6.53. The minimum atomic E-state index is -1.44. The van der Waals surface area contributed by atoms with Gasteiger partial charge in [-0.15, -0.1) is 0 Å². The number of hydrogen-bond acceptors (Lipinski definition) is 5. The predicted octanol–water partition coefficient (Wildman–Crippen LogP) is -1.48. The summed E-state index contributed by atoms with van der Waals surface area (Å²) < 4.78 is 4.99. The quantitative estimate of drug-likeness (QED) is 0.365. The Bertz CT molecular complexity index is 722. The van der Waals surface area contributed by atoms with Crippen LogP contribution in [0.3, 0.4) is 0 Å². The number of aromatic carboxylic acids is 1. The summed E-state index contributed by atoms with van der Waals surface area (Å²) in [6.07, 6.45) is -0.406. The normalized spacial score (nSPS) is 9.61. The van der Waals surface area contributed by atoms with Crippen molar-refractivity contribution in [2.24, 2.45) is 0 Å². The van der Waals surface area contributed by atoms with Gasteiger partial charge in [0.2, 0.25) is 0 Å². The number of carbonyl (C=O) groups excluding carboxylic acids is 3. The van der Waals surface area contributed by atoms with E-state index in [9.17, 15) is 19.5 Å².